The van der Waals surface area contributed by atoms with E-state index in [1.165, 1.54) is 180 Å². The van der Waals surface area contributed by atoms with Crippen molar-refractivity contribution in [2.24, 2.45) is 17.8 Å². The fourth-order valence-electron chi connectivity index (χ4n) is 8.06. The third-order valence-corrected chi connectivity index (χ3v) is 12.3. The minimum absolute atomic E-state index is 0.0254. The molecule has 0 rings (SSSR count). The molecular weight excluding hydrogens is 707 g/mol. The van der Waals surface area contributed by atoms with Crippen LogP contribution >= 0.6 is 0 Å². The van der Waals surface area contributed by atoms with Crippen molar-refractivity contribution in [1.29, 1.82) is 0 Å². The van der Waals surface area contributed by atoms with Crippen LogP contribution in [0.5, 0.6) is 0 Å². The maximum atomic E-state index is 12.4. The number of unbranched alkanes of at least 4 members (excludes halogenated alkanes) is 18. The van der Waals surface area contributed by atoms with Crippen LogP contribution in [-0.2, 0) is 23.8 Å². The van der Waals surface area contributed by atoms with Gasteiger partial charge in [-0.05, 0) is 96.4 Å². The lowest BCUT2D eigenvalue weighted by Gasteiger charge is -2.21. The van der Waals surface area contributed by atoms with Crippen molar-refractivity contribution in [1.82, 2.24) is 4.90 Å². The lowest BCUT2D eigenvalue weighted by molar-refractivity contribution is -0.146. The van der Waals surface area contributed by atoms with Crippen LogP contribution in [0.1, 0.15) is 253 Å². The van der Waals surface area contributed by atoms with E-state index < -0.39 is 0 Å². The minimum atomic E-state index is 0.0254. The average molecular weight is 808 g/mol. The second kappa shape index (κ2) is 43.0. The van der Waals surface area contributed by atoms with E-state index >= 15 is 0 Å². The summed E-state index contributed by atoms with van der Waals surface area (Å²) < 4.78 is 17.5. The molecule has 0 fully saturated rings. The van der Waals surface area contributed by atoms with Crippen LogP contribution in [0.3, 0.4) is 0 Å². The average Bonchev–Trinajstić information content (AvgIpc) is 3.20. The number of hydrogen-bond acceptors (Lipinski definition) is 6. The van der Waals surface area contributed by atoms with Crippen LogP contribution in [-0.4, -0.2) is 62.9 Å². The van der Waals surface area contributed by atoms with Gasteiger partial charge < -0.3 is 19.1 Å². The second-order valence-corrected chi connectivity index (χ2v) is 18.3. The molecule has 0 aliphatic carbocycles. The van der Waals surface area contributed by atoms with Gasteiger partial charge in [0.25, 0.3) is 0 Å². The molecule has 0 radical (unpaired) electrons. The highest BCUT2D eigenvalue weighted by atomic mass is 16.5. The first-order valence-corrected chi connectivity index (χ1v) is 25.4. The summed E-state index contributed by atoms with van der Waals surface area (Å²) in [5.41, 5.74) is 0. The Morgan fingerprint density at radius 2 is 0.754 bits per heavy atom. The standard InChI is InChI=1S/C51H101NO5/c1-8-12-33-47(34-13-9-2)43-50(53)56-41-30-26-22-18-16-20-24-28-37-49(45-55-40-32-39-52(7)46(5)6)38-29-25-21-17-19-23-27-31-42-57-51(54)44-48(35-14-10-3)36-15-11-4/h46-49H,8-45H2,1-7H3. The van der Waals surface area contributed by atoms with Crippen molar-refractivity contribution < 1.29 is 23.8 Å². The summed E-state index contributed by atoms with van der Waals surface area (Å²) in [6, 6.07) is 0.591. The van der Waals surface area contributed by atoms with Gasteiger partial charge in [0, 0.05) is 38.6 Å². The molecule has 340 valence electrons. The van der Waals surface area contributed by atoms with Gasteiger partial charge in [-0.15, -0.1) is 0 Å². The van der Waals surface area contributed by atoms with Crippen LogP contribution in [0.4, 0.5) is 0 Å². The largest absolute Gasteiger partial charge is 0.466 e. The van der Waals surface area contributed by atoms with Gasteiger partial charge >= 0.3 is 11.9 Å². The number of carbonyl (C=O) groups is 2. The first-order valence-electron chi connectivity index (χ1n) is 25.4. The van der Waals surface area contributed by atoms with E-state index in [4.69, 9.17) is 14.2 Å². The van der Waals surface area contributed by atoms with Crippen molar-refractivity contribution in [3.8, 4) is 0 Å². The van der Waals surface area contributed by atoms with Crippen molar-refractivity contribution in [2.75, 3.05) is 40.0 Å². The second-order valence-electron chi connectivity index (χ2n) is 18.3. The predicted molar refractivity (Wildman–Crippen MR) is 246 cm³/mol. The van der Waals surface area contributed by atoms with Gasteiger partial charge in [0.15, 0.2) is 0 Å². The van der Waals surface area contributed by atoms with Gasteiger partial charge in [0.1, 0.15) is 0 Å². The van der Waals surface area contributed by atoms with Crippen LogP contribution in [0.2, 0.25) is 0 Å². The smallest absolute Gasteiger partial charge is 0.306 e. The molecule has 57 heavy (non-hydrogen) atoms. The molecule has 0 saturated carbocycles. The molecule has 0 saturated heterocycles. The molecule has 0 amide bonds. The number of nitrogens with zero attached hydrogens (tertiary/aromatic N) is 1. The summed E-state index contributed by atoms with van der Waals surface area (Å²) >= 11 is 0. The van der Waals surface area contributed by atoms with Crippen molar-refractivity contribution in [2.45, 2.75) is 259 Å². The molecule has 0 aromatic rings. The minimum Gasteiger partial charge on any atom is -0.466 e. The molecule has 0 aliphatic rings. The summed E-state index contributed by atoms with van der Waals surface area (Å²) in [5.74, 6) is 1.77. The quantitative estimate of drug-likeness (QED) is 0.0451. The number of hydrogen-bond donors (Lipinski definition) is 0. The fraction of sp³-hybridized carbons (Fsp3) is 0.961. The van der Waals surface area contributed by atoms with E-state index in [-0.39, 0.29) is 11.9 Å². The molecule has 0 aromatic carbocycles. The van der Waals surface area contributed by atoms with Gasteiger partial charge in [0.2, 0.25) is 0 Å². The normalized spacial score (nSPS) is 11.9. The Hall–Kier alpha value is -1.14. The van der Waals surface area contributed by atoms with Crippen molar-refractivity contribution in [3.05, 3.63) is 0 Å². The summed E-state index contributed by atoms with van der Waals surface area (Å²) in [4.78, 5) is 27.2. The highest BCUT2D eigenvalue weighted by Crippen LogP contribution is 2.23. The Morgan fingerprint density at radius 3 is 1.11 bits per heavy atom. The number of carbonyl (C=O) groups excluding carboxylic acids is 2. The van der Waals surface area contributed by atoms with Crippen molar-refractivity contribution in [3.63, 3.8) is 0 Å². The Balaban J connectivity index is 4.15. The number of esters is 2. The Bertz CT molecular complexity index is 777. The van der Waals surface area contributed by atoms with E-state index in [2.05, 4.69) is 53.5 Å². The molecule has 0 bridgehead atoms. The Labute approximate surface area is 356 Å². The summed E-state index contributed by atoms with van der Waals surface area (Å²) in [6.07, 6.45) is 39.4. The van der Waals surface area contributed by atoms with E-state index in [0.29, 0.717) is 49.9 Å². The molecule has 0 spiro atoms. The maximum absolute atomic E-state index is 12.4. The Morgan fingerprint density at radius 1 is 0.421 bits per heavy atom. The lowest BCUT2D eigenvalue weighted by Crippen LogP contribution is -2.28. The lowest BCUT2D eigenvalue weighted by atomic mass is 9.93. The monoisotopic (exact) mass is 808 g/mol. The van der Waals surface area contributed by atoms with E-state index in [0.717, 1.165) is 39.0 Å². The number of ether oxygens (including phenoxy) is 3. The molecule has 6 nitrogen and oxygen atoms in total. The molecular formula is C51H101NO5. The third kappa shape index (κ3) is 38.8. The SMILES string of the molecule is CCCCC(CCCC)CC(=O)OCCCCCCCCCCC(CCCCCCCCCCOC(=O)CC(CCCC)CCCC)COCCCN(C)C(C)C. The van der Waals surface area contributed by atoms with E-state index in [1.807, 2.05) is 0 Å². The Kier molecular flexibility index (Phi) is 42.1. The molecule has 0 heterocycles. The van der Waals surface area contributed by atoms with Gasteiger partial charge in [-0.25, -0.2) is 0 Å². The first kappa shape index (κ1) is 55.9. The summed E-state index contributed by atoms with van der Waals surface area (Å²) in [7, 11) is 2.21. The molecule has 0 unspecified atom stereocenters. The molecule has 0 N–H and O–H groups in total. The third-order valence-electron chi connectivity index (χ3n) is 12.3. The van der Waals surface area contributed by atoms with Crippen molar-refractivity contribution >= 4 is 11.9 Å². The van der Waals surface area contributed by atoms with Gasteiger partial charge in [0.05, 0.1) is 13.2 Å². The molecule has 6 heteroatoms. The summed E-state index contributed by atoms with van der Waals surface area (Å²) in [5, 5.41) is 0. The highest BCUT2D eigenvalue weighted by molar-refractivity contribution is 5.70. The zero-order valence-corrected chi connectivity index (χ0v) is 39.7. The molecule has 0 aromatic heterocycles. The zero-order chi connectivity index (χ0) is 42.0. The predicted octanol–water partition coefficient (Wildman–Crippen LogP) is 15.2. The molecule has 0 atom stereocenters. The van der Waals surface area contributed by atoms with Gasteiger partial charge in [-0.1, -0.05) is 169 Å². The van der Waals surface area contributed by atoms with E-state index in [9.17, 15) is 9.59 Å². The van der Waals surface area contributed by atoms with Crippen LogP contribution in [0.15, 0.2) is 0 Å². The summed E-state index contributed by atoms with van der Waals surface area (Å²) in [6.45, 7) is 17.6. The van der Waals surface area contributed by atoms with Crippen LogP contribution in [0.25, 0.3) is 0 Å². The van der Waals surface area contributed by atoms with Gasteiger partial charge in [-0.3, -0.25) is 9.59 Å². The topological polar surface area (TPSA) is 65.1 Å². The van der Waals surface area contributed by atoms with E-state index in [1.54, 1.807) is 0 Å². The van der Waals surface area contributed by atoms with Crippen LogP contribution < -0.4 is 0 Å². The maximum Gasteiger partial charge on any atom is 0.306 e. The highest BCUT2D eigenvalue weighted by Gasteiger charge is 2.16. The van der Waals surface area contributed by atoms with Crippen LogP contribution in [0, 0.1) is 17.8 Å². The van der Waals surface area contributed by atoms with Gasteiger partial charge in [-0.2, -0.15) is 0 Å². The molecule has 0 aliphatic heterocycles. The zero-order valence-electron chi connectivity index (χ0n) is 39.7. The fourth-order valence-corrected chi connectivity index (χ4v) is 8.06. The number of rotatable bonds is 45. The first-order chi connectivity index (χ1) is 27.8.